The predicted molar refractivity (Wildman–Crippen MR) is 101 cm³/mol. The lowest BCUT2D eigenvalue weighted by Gasteiger charge is -2.10. The Labute approximate surface area is 156 Å². The van der Waals surface area contributed by atoms with E-state index in [4.69, 9.17) is 14.7 Å². The van der Waals surface area contributed by atoms with Crippen molar-refractivity contribution in [2.45, 2.75) is 0 Å². The maximum atomic E-state index is 12.6. The molecule has 0 atom stereocenters. The van der Waals surface area contributed by atoms with Gasteiger partial charge in [0.15, 0.2) is 5.69 Å². The van der Waals surface area contributed by atoms with Gasteiger partial charge in [0.25, 0.3) is 5.91 Å². The number of carbonyl (C=O) groups is 1. The maximum absolute atomic E-state index is 12.6. The third kappa shape index (κ3) is 3.60. The van der Waals surface area contributed by atoms with Crippen molar-refractivity contribution in [1.82, 2.24) is 9.78 Å². The number of ether oxygens (including phenoxy) is 2. The molecular formula is C20H18N4O3. The number of nitrogens with one attached hydrogen (secondary N) is 1. The number of rotatable bonds is 5. The summed E-state index contributed by atoms with van der Waals surface area (Å²) in [5, 5.41) is 16.2. The van der Waals surface area contributed by atoms with Crippen LogP contribution in [0.15, 0.2) is 48.5 Å². The highest BCUT2D eigenvalue weighted by Gasteiger charge is 2.18. The van der Waals surface area contributed by atoms with Crippen molar-refractivity contribution in [3.05, 3.63) is 59.8 Å². The number of carbonyl (C=O) groups excluding carboxylic acids is 1. The zero-order valence-electron chi connectivity index (χ0n) is 15.2. The molecule has 136 valence electrons. The number of methoxy groups -OCH3 is 2. The second kappa shape index (κ2) is 7.62. The van der Waals surface area contributed by atoms with Gasteiger partial charge in [-0.2, -0.15) is 10.4 Å². The van der Waals surface area contributed by atoms with Crippen LogP contribution in [0.3, 0.4) is 0 Å². The Bertz CT molecular complexity index is 1030. The molecule has 1 aromatic heterocycles. The number of benzene rings is 2. The Morgan fingerprint density at radius 3 is 2.63 bits per heavy atom. The SMILES string of the molecule is COc1ccc(OC)c(-c2cc(C(=O)Nc3ccccc3C#N)nn2C)c1. The number of amides is 1. The van der Waals surface area contributed by atoms with Crippen molar-refractivity contribution >= 4 is 11.6 Å². The molecule has 0 unspecified atom stereocenters. The lowest BCUT2D eigenvalue weighted by Crippen LogP contribution is -2.13. The van der Waals surface area contributed by atoms with Gasteiger partial charge in [-0.1, -0.05) is 12.1 Å². The molecule has 7 nitrogen and oxygen atoms in total. The third-order valence-corrected chi connectivity index (χ3v) is 4.09. The van der Waals surface area contributed by atoms with Gasteiger partial charge in [-0.05, 0) is 36.4 Å². The normalized spacial score (nSPS) is 10.1. The van der Waals surface area contributed by atoms with Gasteiger partial charge in [-0.15, -0.1) is 0 Å². The van der Waals surface area contributed by atoms with E-state index in [1.54, 1.807) is 68.4 Å². The topological polar surface area (TPSA) is 89.2 Å². The predicted octanol–water partition coefficient (Wildman–Crippen LogP) is 3.23. The first kappa shape index (κ1) is 18.0. The summed E-state index contributed by atoms with van der Waals surface area (Å²) in [4.78, 5) is 12.6. The van der Waals surface area contributed by atoms with Crippen LogP contribution in [-0.4, -0.2) is 29.9 Å². The molecule has 1 heterocycles. The van der Waals surface area contributed by atoms with Gasteiger partial charge in [0.2, 0.25) is 0 Å². The highest BCUT2D eigenvalue weighted by Crippen LogP contribution is 2.33. The number of nitrogens with zero attached hydrogens (tertiary/aromatic N) is 3. The molecule has 2 aromatic carbocycles. The Kier molecular flexibility index (Phi) is 5.08. The van der Waals surface area contributed by atoms with Gasteiger partial charge in [0.1, 0.15) is 17.6 Å². The summed E-state index contributed by atoms with van der Waals surface area (Å²) in [5.74, 6) is 0.906. The Morgan fingerprint density at radius 2 is 1.93 bits per heavy atom. The van der Waals surface area contributed by atoms with Gasteiger partial charge in [0, 0.05) is 12.6 Å². The third-order valence-electron chi connectivity index (χ3n) is 4.09. The first-order valence-electron chi connectivity index (χ1n) is 8.14. The van der Waals surface area contributed by atoms with E-state index in [0.29, 0.717) is 28.4 Å². The number of para-hydroxylation sites is 1. The molecule has 0 bridgehead atoms. The van der Waals surface area contributed by atoms with Crippen LogP contribution in [0, 0.1) is 11.3 Å². The zero-order chi connectivity index (χ0) is 19.4. The lowest BCUT2D eigenvalue weighted by molar-refractivity contribution is 0.102. The number of nitriles is 1. The van der Waals surface area contributed by atoms with Crippen LogP contribution < -0.4 is 14.8 Å². The average Bonchev–Trinajstić information content (AvgIpc) is 3.09. The van der Waals surface area contributed by atoms with E-state index in [0.717, 1.165) is 5.56 Å². The number of anilines is 1. The van der Waals surface area contributed by atoms with E-state index in [9.17, 15) is 4.79 Å². The summed E-state index contributed by atoms with van der Waals surface area (Å²) < 4.78 is 12.3. The molecule has 0 aliphatic carbocycles. The van der Waals surface area contributed by atoms with Crippen molar-refractivity contribution in [2.75, 3.05) is 19.5 Å². The smallest absolute Gasteiger partial charge is 0.276 e. The van der Waals surface area contributed by atoms with Crippen LogP contribution in [0.5, 0.6) is 11.5 Å². The standard InChI is InChI=1S/C20H18N4O3/c1-24-18(15-10-14(26-2)8-9-19(15)27-3)11-17(23-24)20(25)22-16-7-5-4-6-13(16)12-21/h4-11H,1-3H3,(H,22,25). The van der Waals surface area contributed by atoms with Gasteiger partial charge in [-0.25, -0.2) is 0 Å². The van der Waals surface area contributed by atoms with E-state index in [1.807, 2.05) is 6.07 Å². The minimum absolute atomic E-state index is 0.227. The molecule has 7 heteroatoms. The molecule has 3 rings (SSSR count). The number of hydrogen-bond donors (Lipinski definition) is 1. The van der Waals surface area contributed by atoms with Crippen LogP contribution in [0.4, 0.5) is 5.69 Å². The van der Waals surface area contributed by atoms with Crippen molar-refractivity contribution < 1.29 is 14.3 Å². The van der Waals surface area contributed by atoms with Gasteiger partial charge < -0.3 is 14.8 Å². The first-order valence-corrected chi connectivity index (χ1v) is 8.14. The Morgan fingerprint density at radius 1 is 1.15 bits per heavy atom. The molecule has 0 radical (unpaired) electrons. The molecule has 0 fully saturated rings. The summed E-state index contributed by atoms with van der Waals surface area (Å²) in [5.41, 5.74) is 2.51. The summed E-state index contributed by atoms with van der Waals surface area (Å²) in [6.07, 6.45) is 0. The first-order chi connectivity index (χ1) is 13.1. The summed E-state index contributed by atoms with van der Waals surface area (Å²) >= 11 is 0. The second-order valence-electron chi connectivity index (χ2n) is 5.72. The monoisotopic (exact) mass is 362 g/mol. The molecule has 0 aliphatic rings. The largest absolute Gasteiger partial charge is 0.497 e. The molecule has 0 aliphatic heterocycles. The molecule has 0 saturated carbocycles. The van der Waals surface area contributed by atoms with Crippen molar-refractivity contribution in [2.24, 2.45) is 7.05 Å². The second-order valence-corrected chi connectivity index (χ2v) is 5.72. The maximum Gasteiger partial charge on any atom is 0.276 e. The van der Waals surface area contributed by atoms with Crippen LogP contribution in [-0.2, 0) is 7.05 Å². The minimum Gasteiger partial charge on any atom is -0.497 e. The van der Waals surface area contributed by atoms with E-state index < -0.39 is 5.91 Å². The minimum atomic E-state index is -0.401. The molecular weight excluding hydrogens is 344 g/mol. The molecule has 27 heavy (non-hydrogen) atoms. The van der Waals surface area contributed by atoms with E-state index in [2.05, 4.69) is 16.5 Å². The fourth-order valence-electron chi connectivity index (χ4n) is 2.72. The molecule has 0 spiro atoms. The lowest BCUT2D eigenvalue weighted by atomic mass is 10.1. The molecule has 3 aromatic rings. The van der Waals surface area contributed by atoms with Crippen molar-refractivity contribution in [1.29, 1.82) is 5.26 Å². The fourth-order valence-corrected chi connectivity index (χ4v) is 2.72. The summed E-state index contributed by atoms with van der Waals surface area (Å²) in [6, 6.07) is 15.9. The van der Waals surface area contributed by atoms with Crippen LogP contribution in [0.1, 0.15) is 16.1 Å². The molecule has 1 amide bonds. The van der Waals surface area contributed by atoms with E-state index in [1.165, 1.54) is 0 Å². The summed E-state index contributed by atoms with van der Waals surface area (Å²) in [6.45, 7) is 0. The Balaban J connectivity index is 1.95. The van der Waals surface area contributed by atoms with Crippen molar-refractivity contribution in [3.63, 3.8) is 0 Å². The van der Waals surface area contributed by atoms with Gasteiger partial charge >= 0.3 is 0 Å². The zero-order valence-corrected chi connectivity index (χ0v) is 15.2. The van der Waals surface area contributed by atoms with Crippen molar-refractivity contribution in [3.8, 4) is 28.8 Å². The summed E-state index contributed by atoms with van der Waals surface area (Å²) in [7, 11) is 4.91. The number of aromatic nitrogens is 2. The van der Waals surface area contributed by atoms with E-state index >= 15 is 0 Å². The number of hydrogen-bond acceptors (Lipinski definition) is 5. The van der Waals surface area contributed by atoms with Gasteiger partial charge in [-0.3, -0.25) is 9.48 Å². The van der Waals surface area contributed by atoms with Crippen LogP contribution >= 0.6 is 0 Å². The quantitative estimate of drug-likeness (QED) is 0.753. The Hall–Kier alpha value is -3.79. The van der Waals surface area contributed by atoms with Crippen LogP contribution in [0.25, 0.3) is 11.3 Å². The van der Waals surface area contributed by atoms with Crippen LogP contribution in [0.2, 0.25) is 0 Å². The highest BCUT2D eigenvalue weighted by atomic mass is 16.5. The average molecular weight is 362 g/mol. The molecule has 1 N–H and O–H groups in total. The molecule has 0 saturated heterocycles. The highest BCUT2D eigenvalue weighted by molar-refractivity contribution is 6.04. The van der Waals surface area contributed by atoms with Gasteiger partial charge in [0.05, 0.1) is 31.2 Å². The van der Waals surface area contributed by atoms with E-state index in [-0.39, 0.29) is 5.69 Å². The fraction of sp³-hybridized carbons (Fsp3) is 0.150. The number of aryl methyl sites for hydroxylation is 1.